The lowest BCUT2D eigenvalue weighted by molar-refractivity contribution is -0.0334. The van der Waals surface area contributed by atoms with E-state index >= 15 is 0 Å². The zero-order valence-electron chi connectivity index (χ0n) is 14.5. The van der Waals surface area contributed by atoms with Crippen molar-refractivity contribution in [2.24, 2.45) is 29.1 Å². The minimum Gasteiger partial charge on any atom is -0.0654 e. The van der Waals surface area contributed by atoms with Crippen molar-refractivity contribution >= 4 is 0 Å². The Kier molecular flexibility index (Phi) is 6.91. The van der Waals surface area contributed by atoms with Crippen LogP contribution < -0.4 is 0 Å². The molecule has 19 heavy (non-hydrogen) atoms. The van der Waals surface area contributed by atoms with Gasteiger partial charge in [0.15, 0.2) is 0 Å². The van der Waals surface area contributed by atoms with Gasteiger partial charge < -0.3 is 0 Å². The second-order valence-corrected chi connectivity index (χ2v) is 7.88. The third kappa shape index (κ3) is 4.50. The summed E-state index contributed by atoms with van der Waals surface area (Å²) < 4.78 is 0. The van der Waals surface area contributed by atoms with Crippen LogP contribution in [0.15, 0.2) is 0 Å². The van der Waals surface area contributed by atoms with Crippen LogP contribution >= 0.6 is 0 Å². The topological polar surface area (TPSA) is 0 Å². The van der Waals surface area contributed by atoms with Crippen molar-refractivity contribution in [3.63, 3.8) is 0 Å². The fourth-order valence-electron chi connectivity index (χ4n) is 4.22. The second-order valence-electron chi connectivity index (χ2n) is 7.88. The van der Waals surface area contributed by atoms with Gasteiger partial charge in [-0.3, -0.25) is 0 Å². The molecule has 0 N–H and O–H groups in total. The molecule has 1 fully saturated rings. The molecule has 114 valence electrons. The standard InChI is InChI=1S/C19H38/c1-7-9-11-18-14-19(6,16(18)5)13-12-17(10-8-2)15(3)4/h15-18H,7-14H2,1-6H3. The average Bonchev–Trinajstić information content (AvgIpc) is 2.38. The summed E-state index contributed by atoms with van der Waals surface area (Å²) in [6.45, 7) is 14.6. The van der Waals surface area contributed by atoms with Gasteiger partial charge in [-0.05, 0) is 48.3 Å². The Hall–Kier alpha value is 0. The third-order valence-corrected chi connectivity index (χ3v) is 6.15. The SMILES string of the molecule is CCCCC1CC(C)(CCC(CCC)C(C)C)C1C. The van der Waals surface area contributed by atoms with E-state index in [0.717, 1.165) is 23.7 Å². The molecule has 1 rings (SSSR count). The molecule has 0 aromatic carbocycles. The molecule has 1 saturated carbocycles. The average molecular weight is 267 g/mol. The summed E-state index contributed by atoms with van der Waals surface area (Å²) in [6, 6.07) is 0. The van der Waals surface area contributed by atoms with Crippen LogP contribution in [0.1, 0.15) is 92.9 Å². The van der Waals surface area contributed by atoms with E-state index in [-0.39, 0.29) is 0 Å². The first-order valence-electron chi connectivity index (χ1n) is 8.94. The molecule has 0 aliphatic heterocycles. The summed E-state index contributed by atoms with van der Waals surface area (Å²) in [5.74, 6) is 3.83. The first-order valence-corrected chi connectivity index (χ1v) is 8.94. The molecule has 0 radical (unpaired) electrons. The molecule has 0 saturated heterocycles. The van der Waals surface area contributed by atoms with Gasteiger partial charge in [0.05, 0.1) is 0 Å². The zero-order valence-corrected chi connectivity index (χ0v) is 14.5. The lowest BCUT2D eigenvalue weighted by atomic mass is 9.52. The molecule has 0 aromatic rings. The first kappa shape index (κ1) is 17.1. The highest BCUT2D eigenvalue weighted by Crippen LogP contribution is 2.55. The predicted octanol–water partition coefficient (Wildman–Crippen LogP) is 6.69. The van der Waals surface area contributed by atoms with Gasteiger partial charge in [0, 0.05) is 0 Å². The van der Waals surface area contributed by atoms with Crippen molar-refractivity contribution in [1.29, 1.82) is 0 Å². The molecular formula is C19H38. The van der Waals surface area contributed by atoms with Crippen LogP contribution in [-0.2, 0) is 0 Å². The quantitative estimate of drug-likeness (QED) is 0.436. The number of hydrogen-bond donors (Lipinski definition) is 0. The molecule has 4 unspecified atom stereocenters. The van der Waals surface area contributed by atoms with Gasteiger partial charge in [0.2, 0.25) is 0 Å². The van der Waals surface area contributed by atoms with Gasteiger partial charge >= 0.3 is 0 Å². The first-order chi connectivity index (χ1) is 8.94. The van der Waals surface area contributed by atoms with Crippen molar-refractivity contribution in [3.8, 4) is 0 Å². The van der Waals surface area contributed by atoms with E-state index in [1.54, 1.807) is 0 Å². The summed E-state index contributed by atoms with van der Waals surface area (Å²) >= 11 is 0. The Balaban J connectivity index is 2.36. The number of unbranched alkanes of at least 4 members (excludes halogenated alkanes) is 1. The van der Waals surface area contributed by atoms with Gasteiger partial charge in [-0.25, -0.2) is 0 Å². The Morgan fingerprint density at radius 3 is 2.26 bits per heavy atom. The maximum atomic E-state index is 2.56. The lowest BCUT2D eigenvalue weighted by Crippen LogP contribution is -2.44. The van der Waals surface area contributed by atoms with E-state index in [0.29, 0.717) is 5.41 Å². The van der Waals surface area contributed by atoms with Gasteiger partial charge in [-0.15, -0.1) is 0 Å². The zero-order chi connectivity index (χ0) is 14.5. The van der Waals surface area contributed by atoms with Crippen molar-refractivity contribution < 1.29 is 0 Å². The van der Waals surface area contributed by atoms with Crippen molar-refractivity contribution in [1.82, 2.24) is 0 Å². The van der Waals surface area contributed by atoms with E-state index in [9.17, 15) is 0 Å². The van der Waals surface area contributed by atoms with Gasteiger partial charge in [0.1, 0.15) is 0 Å². The van der Waals surface area contributed by atoms with E-state index in [1.807, 2.05) is 0 Å². The Bertz CT molecular complexity index is 242. The minimum absolute atomic E-state index is 0.666. The molecule has 1 aliphatic rings. The molecule has 0 spiro atoms. The van der Waals surface area contributed by atoms with Gasteiger partial charge in [-0.1, -0.05) is 73.6 Å². The molecule has 4 atom stereocenters. The summed E-state index contributed by atoms with van der Waals surface area (Å²) in [5, 5.41) is 0. The normalized spacial score (nSPS) is 32.4. The molecule has 0 nitrogen and oxygen atoms in total. The highest BCUT2D eigenvalue weighted by Gasteiger charge is 2.46. The number of hydrogen-bond acceptors (Lipinski definition) is 0. The third-order valence-electron chi connectivity index (χ3n) is 6.15. The summed E-state index contributed by atoms with van der Waals surface area (Å²) in [4.78, 5) is 0. The monoisotopic (exact) mass is 266 g/mol. The fraction of sp³-hybridized carbons (Fsp3) is 1.00. The summed E-state index contributed by atoms with van der Waals surface area (Å²) in [7, 11) is 0. The smallest absolute Gasteiger partial charge is 0.0295 e. The molecule has 0 heteroatoms. The molecule has 0 bridgehead atoms. The van der Waals surface area contributed by atoms with E-state index in [4.69, 9.17) is 0 Å². The second kappa shape index (κ2) is 7.70. The van der Waals surface area contributed by atoms with E-state index < -0.39 is 0 Å². The predicted molar refractivity (Wildman–Crippen MR) is 87.4 cm³/mol. The van der Waals surface area contributed by atoms with Gasteiger partial charge in [-0.2, -0.15) is 0 Å². The molecule has 0 aromatic heterocycles. The Morgan fingerprint density at radius 1 is 1.11 bits per heavy atom. The van der Waals surface area contributed by atoms with Crippen molar-refractivity contribution in [3.05, 3.63) is 0 Å². The van der Waals surface area contributed by atoms with Crippen molar-refractivity contribution in [2.75, 3.05) is 0 Å². The molecule has 1 aliphatic carbocycles. The maximum Gasteiger partial charge on any atom is -0.0295 e. The molecular weight excluding hydrogens is 228 g/mol. The highest BCUT2D eigenvalue weighted by molar-refractivity contribution is 4.96. The van der Waals surface area contributed by atoms with Crippen molar-refractivity contribution in [2.45, 2.75) is 92.9 Å². The summed E-state index contributed by atoms with van der Waals surface area (Å²) in [6.07, 6.45) is 11.5. The van der Waals surface area contributed by atoms with Crippen LogP contribution in [0.5, 0.6) is 0 Å². The van der Waals surface area contributed by atoms with Crippen LogP contribution in [0.25, 0.3) is 0 Å². The van der Waals surface area contributed by atoms with E-state index in [2.05, 4.69) is 41.5 Å². The van der Waals surface area contributed by atoms with Crippen LogP contribution in [0, 0.1) is 29.1 Å². The Labute approximate surface area is 122 Å². The van der Waals surface area contributed by atoms with Crippen LogP contribution in [0.3, 0.4) is 0 Å². The fourth-order valence-corrected chi connectivity index (χ4v) is 4.22. The molecule has 0 amide bonds. The van der Waals surface area contributed by atoms with Crippen LogP contribution in [0.4, 0.5) is 0 Å². The maximum absolute atomic E-state index is 2.56. The van der Waals surface area contributed by atoms with Gasteiger partial charge in [0.25, 0.3) is 0 Å². The summed E-state index contributed by atoms with van der Waals surface area (Å²) in [5.41, 5.74) is 0.666. The highest BCUT2D eigenvalue weighted by atomic mass is 14.5. The van der Waals surface area contributed by atoms with Crippen LogP contribution in [-0.4, -0.2) is 0 Å². The lowest BCUT2D eigenvalue weighted by Gasteiger charge is -2.53. The molecule has 0 heterocycles. The Morgan fingerprint density at radius 2 is 1.79 bits per heavy atom. The minimum atomic E-state index is 0.666. The number of rotatable bonds is 9. The van der Waals surface area contributed by atoms with E-state index in [1.165, 1.54) is 51.4 Å². The largest absolute Gasteiger partial charge is 0.0654 e. The van der Waals surface area contributed by atoms with Crippen LogP contribution in [0.2, 0.25) is 0 Å².